The van der Waals surface area contributed by atoms with Crippen molar-refractivity contribution in [3.63, 3.8) is 0 Å². The summed E-state index contributed by atoms with van der Waals surface area (Å²) < 4.78 is 51.6. The number of nitrogens with two attached hydrogens (primary N) is 1. The number of rotatable bonds is 1. The van der Waals surface area contributed by atoms with Crippen molar-refractivity contribution in [2.24, 2.45) is 0 Å². The van der Waals surface area contributed by atoms with Crippen molar-refractivity contribution in [2.45, 2.75) is 0 Å². The fourth-order valence-electron chi connectivity index (χ4n) is 1.03. The van der Waals surface area contributed by atoms with Crippen LogP contribution in [-0.2, 0) is 0 Å². The Morgan fingerprint density at radius 3 is 1.79 bits per heavy atom. The van der Waals surface area contributed by atoms with Gasteiger partial charge in [0, 0.05) is 14.1 Å². The van der Waals surface area contributed by atoms with E-state index in [2.05, 4.69) is 0 Å². The van der Waals surface area contributed by atoms with Gasteiger partial charge < -0.3 is 10.6 Å². The number of halogens is 4. The first-order chi connectivity index (χ1) is 6.37. The predicted molar refractivity (Wildman–Crippen MR) is 45.0 cm³/mol. The minimum Gasteiger partial charge on any atom is -0.394 e. The fraction of sp³-hybridized carbons (Fsp3) is 0.250. The van der Waals surface area contributed by atoms with E-state index in [-0.39, 0.29) is 0 Å². The van der Waals surface area contributed by atoms with Crippen LogP contribution in [0.5, 0.6) is 0 Å². The molecule has 1 rings (SSSR count). The Morgan fingerprint density at radius 1 is 0.857 bits per heavy atom. The highest BCUT2D eigenvalue weighted by Crippen LogP contribution is 2.31. The first-order valence-corrected chi connectivity index (χ1v) is 3.66. The fourth-order valence-corrected chi connectivity index (χ4v) is 1.03. The molecule has 14 heavy (non-hydrogen) atoms. The van der Waals surface area contributed by atoms with Crippen LogP contribution in [0.2, 0.25) is 0 Å². The van der Waals surface area contributed by atoms with Gasteiger partial charge in [0.25, 0.3) is 0 Å². The van der Waals surface area contributed by atoms with Gasteiger partial charge in [-0.15, -0.1) is 0 Å². The van der Waals surface area contributed by atoms with E-state index < -0.39 is 34.6 Å². The molecule has 0 aromatic heterocycles. The van der Waals surface area contributed by atoms with Crippen molar-refractivity contribution in [2.75, 3.05) is 24.7 Å². The lowest BCUT2D eigenvalue weighted by Gasteiger charge is -2.16. The zero-order valence-corrected chi connectivity index (χ0v) is 7.54. The minimum atomic E-state index is -1.77. The molecule has 2 N–H and O–H groups in total. The highest BCUT2D eigenvalue weighted by Gasteiger charge is 2.24. The summed E-state index contributed by atoms with van der Waals surface area (Å²) in [6, 6.07) is 0. The maximum atomic E-state index is 13.1. The second-order valence-electron chi connectivity index (χ2n) is 2.91. The Labute approximate surface area is 77.9 Å². The smallest absolute Gasteiger partial charge is 0.198 e. The number of hydrogen-bond donors (Lipinski definition) is 1. The van der Waals surface area contributed by atoms with E-state index in [4.69, 9.17) is 5.73 Å². The summed E-state index contributed by atoms with van der Waals surface area (Å²) in [6.07, 6.45) is 0. The van der Waals surface area contributed by atoms with Crippen LogP contribution in [-0.4, -0.2) is 14.1 Å². The lowest BCUT2D eigenvalue weighted by atomic mass is 10.2. The molecule has 1 aromatic carbocycles. The largest absolute Gasteiger partial charge is 0.394 e. The van der Waals surface area contributed by atoms with Gasteiger partial charge in [-0.3, -0.25) is 0 Å². The Morgan fingerprint density at radius 2 is 1.36 bits per heavy atom. The molecule has 0 aliphatic carbocycles. The van der Waals surface area contributed by atoms with Crippen LogP contribution in [0.15, 0.2) is 0 Å². The second-order valence-corrected chi connectivity index (χ2v) is 2.91. The van der Waals surface area contributed by atoms with E-state index in [0.29, 0.717) is 0 Å². The number of anilines is 2. The molecule has 0 aliphatic heterocycles. The number of hydrogen-bond acceptors (Lipinski definition) is 2. The van der Waals surface area contributed by atoms with Crippen molar-refractivity contribution in [3.05, 3.63) is 23.3 Å². The van der Waals surface area contributed by atoms with Gasteiger partial charge in [0.15, 0.2) is 23.3 Å². The van der Waals surface area contributed by atoms with Crippen LogP contribution < -0.4 is 10.6 Å². The van der Waals surface area contributed by atoms with E-state index in [9.17, 15) is 17.6 Å². The molecule has 0 unspecified atom stereocenters. The molecule has 0 radical (unpaired) electrons. The number of nitrogen functional groups attached to an aromatic ring is 1. The van der Waals surface area contributed by atoms with Crippen LogP contribution >= 0.6 is 0 Å². The first-order valence-electron chi connectivity index (χ1n) is 3.66. The maximum absolute atomic E-state index is 13.1. The summed E-state index contributed by atoms with van der Waals surface area (Å²) in [5.41, 5.74) is 3.19. The molecule has 0 aliphatic rings. The molecule has 0 saturated heterocycles. The quantitative estimate of drug-likeness (QED) is 0.330. The monoisotopic (exact) mass is 208 g/mol. The molecule has 0 atom stereocenters. The summed E-state index contributed by atoms with van der Waals surface area (Å²) in [6.45, 7) is 0. The Hall–Kier alpha value is -1.46. The molecule has 1 aromatic rings. The van der Waals surface area contributed by atoms with Gasteiger partial charge in [0.05, 0.1) is 0 Å². The average Bonchev–Trinajstić information content (AvgIpc) is 2.11. The topological polar surface area (TPSA) is 29.3 Å². The maximum Gasteiger partial charge on any atom is 0.198 e. The number of nitrogens with zero attached hydrogens (tertiary/aromatic N) is 1. The van der Waals surface area contributed by atoms with Crippen LogP contribution in [0.3, 0.4) is 0 Å². The lowest BCUT2D eigenvalue weighted by molar-refractivity contribution is 0.439. The molecule has 78 valence electrons. The van der Waals surface area contributed by atoms with E-state index in [0.717, 1.165) is 4.90 Å². The molecule has 0 spiro atoms. The van der Waals surface area contributed by atoms with Crippen molar-refractivity contribution in [1.29, 1.82) is 0 Å². The van der Waals surface area contributed by atoms with Gasteiger partial charge in [-0.2, -0.15) is 0 Å². The molecule has 6 heteroatoms. The van der Waals surface area contributed by atoms with Gasteiger partial charge in [0.2, 0.25) is 0 Å². The van der Waals surface area contributed by atoms with E-state index in [1.165, 1.54) is 14.1 Å². The predicted octanol–water partition coefficient (Wildman–Crippen LogP) is 1.89. The van der Waals surface area contributed by atoms with Crippen molar-refractivity contribution >= 4 is 11.4 Å². The first kappa shape index (κ1) is 10.6. The SMILES string of the molecule is CN(C)c1c(F)c(N)c(F)c(F)c1F. The van der Waals surface area contributed by atoms with Crippen LogP contribution in [0, 0.1) is 23.3 Å². The standard InChI is InChI=1S/C8H8F4N2/c1-14(2)8-5(11)3(9)4(10)7(13)6(8)12/h13H2,1-2H3. The lowest BCUT2D eigenvalue weighted by Crippen LogP contribution is -2.16. The summed E-state index contributed by atoms with van der Waals surface area (Å²) >= 11 is 0. The van der Waals surface area contributed by atoms with Crippen LogP contribution in [0.1, 0.15) is 0 Å². The molecule has 2 nitrogen and oxygen atoms in total. The number of benzene rings is 1. The third-order valence-corrected chi connectivity index (χ3v) is 1.72. The normalized spacial score (nSPS) is 10.4. The van der Waals surface area contributed by atoms with Gasteiger partial charge in [0.1, 0.15) is 11.4 Å². The molecule has 0 heterocycles. The molecule has 0 saturated carbocycles. The van der Waals surface area contributed by atoms with Gasteiger partial charge >= 0.3 is 0 Å². The zero-order chi connectivity index (χ0) is 11.0. The van der Waals surface area contributed by atoms with Gasteiger partial charge in [-0.25, -0.2) is 17.6 Å². The van der Waals surface area contributed by atoms with E-state index in [1.54, 1.807) is 0 Å². The highest BCUT2D eigenvalue weighted by atomic mass is 19.2. The molecular weight excluding hydrogens is 200 g/mol. The van der Waals surface area contributed by atoms with Crippen LogP contribution in [0.4, 0.5) is 28.9 Å². The van der Waals surface area contributed by atoms with Gasteiger partial charge in [-0.05, 0) is 0 Å². The third-order valence-electron chi connectivity index (χ3n) is 1.72. The molecule has 0 bridgehead atoms. The van der Waals surface area contributed by atoms with Gasteiger partial charge in [-0.1, -0.05) is 0 Å². The summed E-state index contributed by atoms with van der Waals surface area (Å²) in [4.78, 5) is 0.976. The molecular formula is C8H8F4N2. The van der Waals surface area contributed by atoms with Crippen molar-refractivity contribution in [1.82, 2.24) is 0 Å². The Kier molecular flexibility index (Phi) is 2.55. The second kappa shape index (κ2) is 3.36. The van der Waals surface area contributed by atoms with E-state index >= 15 is 0 Å². The Bertz CT molecular complexity index is 347. The van der Waals surface area contributed by atoms with Crippen molar-refractivity contribution in [3.8, 4) is 0 Å². The zero-order valence-electron chi connectivity index (χ0n) is 7.54. The average molecular weight is 208 g/mol. The molecule has 0 amide bonds. The molecule has 0 fully saturated rings. The van der Waals surface area contributed by atoms with Crippen LogP contribution in [0.25, 0.3) is 0 Å². The minimum absolute atomic E-state index is 0.693. The third kappa shape index (κ3) is 1.36. The van der Waals surface area contributed by atoms with E-state index in [1.807, 2.05) is 0 Å². The highest BCUT2D eigenvalue weighted by molar-refractivity contribution is 5.59. The summed E-state index contributed by atoms with van der Waals surface area (Å²) in [5.74, 6) is -6.36. The Balaban J connectivity index is 3.60. The van der Waals surface area contributed by atoms with Crippen molar-refractivity contribution < 1.29 is 17.6 Å². The summed E-state index contributed by atoms with van der Waals surface area (Å²) in [7, 11) is 2.58. The summed E-state index contributed by atoms with van der Waals surface area (Å²) in [5, 5.41) is 0.